The Bertz CT molecular complexity index is 386. The van der Waals surface area contributed by atoms with Gasteiger partial charge in [0.05, 0.1) is 0 Å². The van der Waals surface area contributed by atoms with Crippen molar-refractivity contribution in [3.63, 3.8) is 0 Å². The number of hydrogen-bond donors (Lipinski definition) is 1. The van der Waals surface area contributed by atoms with E-state index >= 15 is 0 Å². The van der Waals surface area contributed by atoms with Gasteiger partial charge in [-0.2, -0.15) is 0 Å². The lowest BCUT2D eigenvalue weighted by Gasteiger charge is -2.35. The molecule has 0 aromatic heterocycles. The van der Waals surface area contributed by atoms with Crippen molar-refractivity contribution in [2.24, 2.45) is 5.92 Å². The number of piperidine rings is 1. The summed E-state index contributed by atoms with van der Waals surface area (Å²) in [6, 6.07) is 9.13. The van der Waals surface area contributed by atoms with E-state index in [1.807, 2.05) is 0 Å². The first kappa shape index (κ1) is 15.1. The van der Waals surface area contributed by atoms with Crippen LogP contribution in [0.5, 0.6) is 0 Å². The first-order chi connectivity index (χ1) is 9.20. The van der Waals surface area contributed by atoms with Crippen LogP contribution >= 0.6 is 22.6 Å². The zero-order chi connectivity index (χ0) is 13.7. The standard InChI is InChI=1S/C16H25IN2/c1-3-10-19-11-8-14(9-12-19)13(2)18-16-7-5-4-6-15(16)17/h4-7,13-14,18H,3,8-12H2,1-2H3. The molecule has 1 aliphatic rings. The van der Waals surface area contributed by atoms with Crippen LogP contribution < -0.4 is 5.32 Å². The van der Waals surface area contributed by atoms with Crippen LogP contribution in [-0.4, -0.2) is 30.6 Å². The van der Waals surface area contributed by atoms with Crippen molar-refractivity contribution < 1.29 is 0 Å². The predicted octanol–water partition coefficient (Wildman–Crippen LogP) is 4.21. The third-order valence-electron chi connectivity index (χ3n) is 4.14. The molecule has 0 saturated carbocycles. The van der Waals surface area contributed by atoms with E-state index in [1.54, 1.807) is 0 Å². The number of anilines is 1. The first-order valence-electron chi connectivity index (χ1n) is 7.44. The summed E-state index contributed by atoms with van der Waals surface area (Å²) in [5, 5.41) is 3.70. The summed E-state index contributed by atoms with van der Waals surface area (Å²) in [5.74, 6) is 0.809. The summed E-state index contributed by atoms with van der Waals surface area (Å²) in [4.78, 5) is 2.61. The van der Waals surface area contributed by atoms with Crippen molar-refractivity contribution in [2.75, 3.05) is 25.0 Å². The van der Waals surface area contributed by atoms with Crippen molar-refractivity contribution >= 4 is 28.3 Å². The molecule has 0 radical (unpaired) electrons. The number of rotatable bonds is 5. The maximum atomic E-state index is 3.70. The number of para-hydroxylation sites is 1. The minimum Gasteiger partial charge on any atom is -0.381 e. The normalized spacial score (nSPS) is 19.3. The van der Waals surface area contributed by atoms with Gasteiger partial charge in [0.2, 0.25) is 0 Å². The predicted molar refractivity (Wildman–Crippen MR) is 91.7 cm³/mol. The average Bonchev–Trinajstić information content (AvgIpc) is 2.42. The Morgan fingerprint density at radius 1 is 1.32 bits per heavy atom. The van der Waals surface area contributed by atoms with Crippen LogP contribution in [0.15, 0.2) is 24.3 Å². The third-order valence-corrected chi connectivity index (χ3v) is 5.08. The summed E-state index contributed by atoms with van der Waals surface area (Å²) in [5.41, 5.74) is 1.28. The zero-order valence-electron chi connectivity index (χ0n) is 12.0. The summed E-state index contributed by atoms with van der Waals surface area (Å²) in [6.07, 6.45) is 3.94. The Balaban J connectivity index is 1.85. The van der Waals surface area contributed by atoms with Crippen LogP contribution in [-0.2, 0) is 0 Å². The van der Waals surface area contributed by atoms with Crippen molar-refractivity contribution in [1.82, 2.24) is 4.90 Å². The summed E-state index contributed by atoms with van der Waals surface area (Å²) in [6.45, 7) is 8.43. The Hall–Kier alpha value is -0.290. The second-order valence-corrected chi connectivity index (χ2v) is 6.75. The van der Waals surface area contributed by atoms with Crippen molar-refractivity contribution in [2.45, 2.75) is 39.2 Å². The number of likely N-dealkylation sites (tertiary alicyclic amines) is 1. The lowest BCUT2D eigenvalue weighted by Crippen LogP contribution is -2.39. The molecule has 1 aromatic carbocycles. The van der Waals surface area contributed by atoms with E-state index in [4.69, 9.17) is 0 Å². The highest BCUT2D eigenvalue weighted by atomic mass is 127. The summed E-state index contributed by atoms with van der Waals surface area (Å²) < 4.78 is 1.32. The van der Waals surface area contributed by atoms with Crippen molar-refractivity contribution in [3.8, 4) is 0 Å². The maximum absolute atomic E-state index is 3.70. The van der Waals surface area contributed by atoms with E-state index in [1.165, 1.54) is 48.2 Å². The summed E-state index contributed by atoms with van der Waals surface area (Å²) >= 11 is 2.41. The fourth-order valence-corrected chi connectivity index (χ4v) is 3.48. The van der Waals surface area contributed by atoms with Gasteiger partial charge >= 0.3 is 0 Å². The van der Waals surface area contributed by atoms with Gasteiger partial charge in [-0.25, -0.2) is 0 Å². The molecule has 1 aromatic rings. The summed E-state index contributed by atoms with van der Waals surface area (Å²) in [7, 11) is 0. The minimum absolute atomic E-state index is 0.569. The van der Waals surface area contributed by atoms with E-state index in [-0.39, 0.29) is 0 Å². The van der Waals surface area contributed by atoms with Crippen molar-refractivity contribution in [3.05, 3.63) is 27.8 Å². The lowest BCUT2D eigenvalue weighted by molar-refractivity contribution is 0.176. The zero-order valence-corrected chi connectivity index (χ0v) is 14.2. The Morgan fingerprint density at radius 3 is 2.63 bits per heavy atom. The SMILES string of the molecule is CCCN1CCC(C(C)Nc2ccccc2I)CC1. The van der Waals surface area contributed by atoms with Gasteiger partial charge in [-0.15, -0.1) is 0 Å². The molecular formula is C16H25IN2. The van der Waals surface area contributed by atoms with Gasteiger partial charge in [0.1, 0.15) is 0 Å². The smallest absolute Gasteiger partial charge is 0.0478 e. The lowest BCUT2D eigenvalue weighted by atomic mass is 9.90. The highest BCUT2D eigenvalue weighted by Crippen LogP contribution is 2.25. The van der Waals surface area contributed by atoms with Crippen LogP contribution in [0.4, 0.5) is 5.69 Å². The van der Waals surface area contributed by atoms with Gasteiger partial charge in [0.25, 0.3) is 0 Å². The number of nitrogens with zero attached hydrogens (tertiary/aromatic N) is 1. The average molecular weight is 372 g/mol. The molecule has 1 saturated heterocycles. The molecule has 2 rings (SSSR count). The molecule has 0 spiro atoms. The van der Waals surface area contributed by atoms with E-state index < -0.39 is 0 Å². The van der Waals surface area contributed by atoms with Gasteiger partial charge in [-0.1, -0.05) is 19.1 Å². The van der Waals surface area contributed by atoms with E-state index in [2.05, 4.69) is 70.9 Å². The molecule has 0 bridgehead atoms. The number of benzene rings is 1. The second kappa shape index (κ2) is 7.48. The van der Waals surface area contributed by atoms with E-state index in [0.717, 1.165) is 5.92 Å². The van der Waals surface area contributed by atoms with Gasteiger partial charge in [0.15, 0.2) is 0 Å². The van der Waals surface area contributed by atoms with Crippen LogP contribution in [0.2, 0.25) is 0 Å². The first-order valence-corrected chi connectivity index (χ1v) is 8.52. The Labute approximate surface area is 131 Å². The van der Waals surface area contributed by atoms with Crippen molar-refractivity contribution in [1.29, 1.82) is 0 Å². The van der Waals surface area contributed by atoms with Crippen LogP contribution in [0.3, 0.4) is 0 Å². The highest BCUT2D eigenvalue weighted by Gasteiger charge is 2.23. The molecule has 1 atom stereocenters. The molecule has 0 amide bonds. The molecule has 1 fully saturated rings. The molecule has 1 heterocycles. The molecular weight excluding hydrogens is 347 g/mol. The minimum atomic E-state index is 0.569. The molecule has 106 valence electrons. The largest absolute Gasteiger partial charge is 0.381 e. The highest BCUT2D eigenvalue weighted by molar-refractivity contribution is 14.1. The molecule has 2 nitrogen and oxygen atoms in total. The van der Waals surface area contributed by atoms with Gasteiger partial charge in [0, 0.05) is 15.3 Å². The quantitative estimate of drug-likeness (QED) is 0.779. The molecule has 3 heteroatoms. The fraction of sp³-hybridized carbons (Fsp3) is 0.625. The van der Waals surface area contributed by atoms with E-state index in [0.29, 0.717) is 6.04 Å². The van der Waals surface area contributed by atoms with Gasteiger partial charge in [-0.05, 0) is 86.5 Å². The third kappa shape index (κ3) is 4.35. The number of halogens is 1. The van der Waals surface area contributed by atoms with Crippen LogP contribution in [0.25, 0.3) is 0 Å². The maximum Gasteiger partial charge on any atom is 0.0478 e. The van der Waals surface area contributed by atoms with Gasteiger partial charge < -0.3 is 10.2 Å². The van der Waals surface area contributed by atoms with Crippen LogP contribution in [0.1, 0.15) is 33.1 Å². The second-order valence-electron chi connectivity index (χ2n) is 5.59. The van der Waals surface area contributed by atoms with Gasteiger partial charge in [-0.3, -0.25) is 0 Å². The fourth-order valence-electron chi connectivity index (χ4n) is 2.93. The number of hydrogen-bond acceptors (Lipinski definition) is 2. The molecule has 0 aliphatic carbocycles. The van der Waals surface area contributed by atoms with E-state index in [9.17, 15) is 0 Å². The topological polar surface area (TPSA) is 15.3 Å². The molecule has 19 heavy (non-hydrogen) atoms. The molecule has 1 unspecified atom stereocenters. The number of nitrogens with one attached hydrogen (secondary N) is 1. The monoisotopic (exact) mass is 372 g/mol. The molecule has 1 aliphatic heterocycles. The Morgan fingerprint density at radius 2 is 2.00 bits per heavy atom. The van der Waals surface area contributed by atoms with Crippen LogP contribution in [0, 0.1) is 9.49 Å². The molecule has 1 N–H and O–H groups in total. The Kier molecular flexibility index (Phi) is 5.95.